The van der Waals surface area contributed by atoms with Gasteiger partial charge in [-0.1, -0.05) is 12.1 Å². The zero-order valence-electron chi connectivity index (χ0n) is 16.5. The summed E-state index contributed by atoms with van der Waals surface area (Å²) in [6.07, 6.45) is 4.59. The van der Waals surface area contributed by atoms with Gasteiger partial charge in [0.2, 0.25) is 16.0 Å². The number of aryl methyl sites for hydroxylation is 1. The zero-order valence-corrected chi connectivity index (χ0v) is 17.3. The molecule has 0 amide bonds. The lowest BCUT2D eigenvalue weighted by atomic mass is 9.94. The lowest BCUT2D eigenvalue weighted by Crippen LogP contribution is -2.38. The van der Waals surface area contributed by atoms with Crippen molar-refractivity contribution in [3.05, 3.63) is 71.9 Å². The van der Waals surface area contributed by atoms with Crippen molar-refractivity contribution in [2.45, 2.75) is 30.6 Å². The zero-order chi connectivity index (χ0) is 21.1. The molecule has 0 saturated carbocycles. The van der Waals surface area contributed by atoms with E-state index in [0.29, 0.717) is 43.3 Å². The van der Waals surface area contributed by atoms with E-state index in [9.17, 15) is 12.8 Å². The van der Waals surface area contributed by atoms with Gasteiger partial charge in [-0.3, -0.25) is 0 Å². The topological polar surface area (TPSA) is 88.1 Å². The molecular weight excluding hydrogens is 405 g/mol. The number of halogens is 1. The number of sulfonamides is 1. The van der Waals surface area contributed by atoms with E-state index in [-0.39, 0.29) is 10.8 Å². The molecule has 0 atom stereocenters. The molecule has 1 aromatic carbocycles. The van der Waals surface area contributed by atoms with Gasteiger partial charge in [0.25, 0.3) is 0 Å². The van der Waals surface area contributed by atoms with Gasteiger partial charge in [-0.05, 0) is 55.7 Å². The highest BCUT2D eigenvalue weighted by Gasteiger charge is 2.30. The second kappa shape index (κ2) is 8.45. The standard InChI is InChI=1S/C21H22FN5O2S/c1-15-6-7-17(14-18(15)22)30(28,29)27-12-8-16(9-13-27)19-4-2-5-20(25-19)26-21-23-10-3-11-24-21/h2-7,10-11,14,16H,8-9,12-13H2,1H3,(H,23,24,25,26). The molecule has 2 aromatic heterocycles. The van der Waals surface area contributed by atoms with Crippen molar-refractivity contribution in [2.24, 2.45) is 0 Å². The van der Waals surface area contributed by atoms with Gasteiger partial charge in [0.1, 0.15) is 11.6 Å². The Bertz CT molecular complexity index is 1130. The van der Waals surface area contributed by atoms with Crippen LogP contribution in [0, 0.1) is 12.7 Å². The van der Waals surface area contributed by atoms with Crippen LogP contribution >= 0.6 is 0 Å². The second-order valence-corrected chi connectivity index (χ2v) is 9.17. The minimum absolute atomic E-state index is 0.00349. The van der Waals surface area contributed by atoms with Crippen LogP contribution in [0.2, 0.25) is 0 Å². The normalized spacial score (nSPS) is 15.8. The first-order valence-electron chi connectivity index (χ1n) is 9.71. The molecule has 30 heavy (non-hydrogen) atoms. The number of nitrogens with one attached hydrogen (secondary N) is 1. The number of piperidine rings is 1. The van der Waals surface area contributed by atoms with Crippen LogP contribution in [0.5, 0.6) is 0 Å². The highest BCUT2D eigenvalue weighted by atomic mass is 32.2. The third-order valence-electron chi connectivity index (χ3n) is 5.23. The van der Waals surface area contributed by atoms with Crippen molar-refractivity contribution >= 4 is 21.8 Å². The van der Waals surface area contributed by atoms with E-state index in [4.69, 9.17) is 0 Å². The molecule has 1 saturated heterocycles. The molecule has 0 unspecified atom stereocenters. The fourth-order valence-corrected chi connectivity index (χ4v) is 4.98. The maximum absolute atomic E-state index is 13.8. The summed E-state index contributed by atoms with van der Waals surface area (Å²) in [6.45, 7) is 2.34. The molecule has 0 spiro atoms. The van der Waals surface area contributed by atoms with E-state index in [0.717, 1.165) is 11.8 Å². The van der Waals surface area contributed by atoms with Crippen LogP contribution in [0.3, 0.4) is 0 Å². The third kappa shape index (κ3) is 4.31. The largest absolute Gasteiger partial charge is 0.309 e. The molecule has 1 aliphatic heterocycles. The smallest absolute Gasteiger partial charge is 0.243 e. The van der Waals surface area contributed by atoms with Gasteiger partial charge >= 0.3 is 0 Å². The number of anilines is 2. The maximum atomic E-state index is 13.8. The van der Waals surface area contributed by atoms with E-state index < -0.39 is 15.8 Å². The van der Waals surface area contributed by atoms with E-state index in [1.165, 1.54) is 16.4 Å². The molecule has 3 heterocycles. The van der Waals surface area contributed by atoms with Crippen molar-refractivity contribution in [1.82, 2.24) is 19.3 Å². The lowest BCUT2D eigenvalue weighted by Gasteiger charge is -2.31. The van der Waals surface area contributed by atoms with Crippen molar-refractivity contribution < 1.29 is 12.8 Å². The number of nitrogens with zero attached hydrogens (tertiary/aromatic N) is 4. The molecule has 0 bridgehead atoms. The monoisotopic (exact) mass is 427 g/mol. The van der Waals surface area contributed by atoms with Gasteiger partial charge < -0.3 is 5.32 Å². The molecule has 3 aromatic rings. The summed E-state index contributed by atoms with van der Waals surface area (Å²) in [5.74, 6) is 0.740. The number of rotatable bonds is 5. The molecule has 1 aliphatic rings. The molecule has 156 valence electrons. The Morgan fingerprint density at radius 2 is 1.80 bits per heavy atom. The fraction of sp³-hybridized carbons (Fsp3) is 0.286. The Morgan fingerprint density at radius 1 is 1.07 bits per heavy atom. The molecule has 1 fully saturated rings. The van der Waals surface area contributed by atoms with E-state index in [1.54, 1.807) is 25.4 Å². The van der Waals surface area contributed by atoms with Crippen LogP contribution in [-0.2, 0) is 10.0 Å². The SMILES string of the molecule is Cc1ccc(S(=O)(=O)N2CCC(c3cccc(Nc4ncccn4)n3)CC2)cc1F. The molecule has 1 N–H and O–H groups in total. The minimum atomic E-state index is -3.71. The van der Waals surface area contributed by atoms with Crippen molar-refractivity contribution in [1.29, 1.82) is 0 Å². The van der Waals surface area contributed by atoms with Crippen molar-refractivity contribution in [2.75, 3.05) is 18.4 Å². The molecular formula is C21H22FN5O2S. The Balaban J connectivity index is 1.44. The highest BCUT2D eigenvalue weighted by molar-refractivity contribution is 7.89. The summed E-state index contributed by atoms with van der Waals surface area (Å²) >= 11 is 0. The Kier molecular flexibility index (Phi) is 5.74. The summed E-state index contributed by atoms with van der Waals surface area (Å²) in [6, 6.07) is 11.5. The first-order chi connectivity index (χ1) is 14.4. The second-order valence-electron chi connectivity index (χ2n) is 7.23. The maximum Gasteiger partial charge on any atom is 0.243 e. The van der Waals surface area contributed by atoms with E-state index in [2.05, 4.69) is 20.3 Å². The molecule has 4 rings (SSSR count). The number of pyridine rings is 1. The average Bonchev–Trinajstić information content (AvgIpc) is 2.76. The summed E-state index contributed by atoms with van der Waals surface area (Å²) in [7, 11) is -3.71. The highest BCUT2D eigenvalue weighted by Crippen LogP contribution is 2.31. The van der Waals surface area contributed by atoms with Gasteiger partial charge in [-0.2, -0.15) is 4.31 Å². The molecule has 0 radical (unpaired) electrons. The van der Waals surface area contributed by atoms with Crippen LogP contribution < -0.4 is 5.32 Å². The predicted octanol–water partition coefficient (Wildman–Crippen LogP) is 3.63. The Labute approximate surface area is 175 Å². The fourth-order valence-electron chi connectivity index (χ4n) is 3.50. The van der Waals surface area contributed by atoms with E-state index in [1.807, 2.05) is 18.2 Å². The van der Waals surface area contributed by atoms with Crippen LogP contribution in [-0.4, -0.2) is 40.8 Å². The lowest BCUT2D eigenvalue weighted by molar-refractivity contribution is 0.316. The van der Waals surface area contributed by atoms with Crippen LogP contribution in [0.25, 0.3) is 0 Å². The quantitative estimate of drug-likeness (QED) is 0.669. The Morgan fingerprint density at radius 3 is 2.50 bits per heavy atom. The average molecular weight is 428 g/mol. The summed E-state index contributed by atoms with van der Waals surface area (Å²) in [4.78, 5) is 12.9. The first-order valence-corrected chi connectivity index (χ1v) is 11.1. The van der Waals surface area contributed by atoms with Crippen LogP contribution in [0.4, 0.5) is 16.2 Å². The van der Waals surface area contributed by atoms with Gasteiger partial charge in [0.15, 0.2) is 0 Å². The Hall–Kier alpha value is -2.91. The number of hydrogen-bond donors (Lipinski definition) is 1. The summed E-state index contributed by atoms with van der Waals surface area (Å²) in [5.41, 5.74) is 1.32. The molecule has 7 nitrogen and oxygen atoms in total. The van der Waals surface area contributed by atoms with Gasteiger partial charge in [-0.15, -0.1) is 0 Å². The molecule has 9 heteroatoms. The van der Waals surface area contributed by atoms with E-state index >= 15 is 0 Å². The number of hydrogen-bond acceptors (Lipinski definition) is 6. The van der Waals surface area contributed by atoms with Crippen LogP contribution in [0.15, 0.2) is 59.8 Å². The van der Waals surface area contributed by atoms with Gasteiger partial charge in [0, 0.05) is 37.1 Å². The first kappa shape index (κ1) is 20.4. The van der Waals surface area contributed by atoms with Gasteiger partial charge in [0.05, 0.1) is 4.90 Å². The number of aromatic nitrogens is 3. The van der Waals surface area contributed by atoms with Crippen molar-refractivity contribution in [3.8, 4) is 0 Å². The minimum Gasteiger partial charge on any atom is -0.309 e. The number of benzene rings is 1. The predicted molar refractivity (Wildman–Crippen MR) is 111 cm³/mol. The molecule has 0 aliphatic carbocycles. The summed E-state index contributed by atoms with van der Waals surface area (Å²) < 4.78 is 41.0. The van der Waals surface area contributed by atoms with Gasteiger partial charge in [-0.25, -0.2) is 27.8 Å². The summed E-state index contributed by atoms with van der Waals surface area (Å²) in [5, 5.41) is 3.07. The van der Waals surface area contributed by atoms with Crippen molar-refractivity contribution in [3.63, 3.8) is 0 Å². The third-order valence-corrected chi connectivity index (χ3v) is 7.12. The van der Waals surface area contributed by atoms with Crippen LogP contribution in [0.1, 0.15) is 30.0 Å².